The van der Waals surface area contributed by atoms with Crippen LogP contribution in [0.5, 0.6) is 0 Å². The maximum absolute atomic E-state index is 12.6. The molecule has 0 radical (unpaired) electrons. The standard InChI is InChI=1S/C15H22ClNO2S/c16-11-5-6-14-7-9-15(10-8-14)20(18,19)17-12-3-1-2-4-13-17/h7-10H,1-6,11-13H2. The van der Waals surface area contributed by atoms with Crippen molar-refractivity contribution in [2.75, 3.05) is 19.0 Å². The van der Waals surface area contributed by atoms with E-state index in [-0.39, 0.29) is 0 Å². The van der Waals surface area contributed by atoms with Gasteiger partial charge in [-0.15, -0.1) is 11.6 Å². The molecule has 0 N–H and O–H groups in total. The lowest BCUT2D eigenvalue weighted by molar-refractivity contribution is 0.423. The van der Waals surface area contributed by atoms with E-state index in [0.29, 0.717) is 23.9 Å². The van der Waals surface area contributed by atoms with Gasteiger partial charge in [0.15, 0.2) is 0 Å². The Kier molecular flexibility index (Phi) is 5.87. The van der Waals surface area contributed by atoms with Gasteiger partial charge in [-0.25, -0.2) is 8.42 Å². The van der Waals surface area contributed by atoms with Crippen molar-refractivity contribution in [3.05, 3.63) is 29.8 Å². The molecule has 112 valence electrons. The van der Waals surface area contributed by atoms with Gasteiger partial charge in [0, 0.05) is 19.0 Å². The van der Waals surface area contributed by atoms with Gasteiger partial charge >= 0.3 is 0 Å². The van der Waals surface area contributed by atoms with Crippen LogP contribution in [0, 0.1) is 0 Å². The first-order valence-electron chi connectivity index (χ1n) is 7.29. The van der Waals surface area contributed by atoms with Gasteiger partial charge in [0.2, 0.25) is 10.0 Å². The number of hydrogen-bond donors (Lipinski definition) is 0. The lowest BCUT2D eigenvalue weighted by atomic mass is 10.1. The van der Waals surface area contributed by atoms with Gasteiger partial charge in [-0.05, 0) is 43.4 Å². The summed E-state index contributed by atoms with van der Waals surface area (Å²) in [4.78, 5) is 0.411. The summed E-state index contributed by atoms with van der Waals surface area (Å²) >= 11 is 5.67. The summed E-state index contributed by atoms with van der Waals surface area (Å²) in [5.74, 6) is 0.633. The molecule has 0 atom stereocenters. The molecule has 2 rings (SSSR count). The number of nitrogens with zero attached hydrogens (tertiary/aromatic N) is 1. The van der Waals surface area contributed by atoms with E-state index < -0.39 is 10.0 Å². The average molecular weight is 316 g/mol. The first-order chi connectivity index (χ1) is 9.64. The van der Waals surface area contributed by atoms with Crippen LogP contribution in [0.3, 0.4) is 0 Å². The van der Waals surface area contributed by atoms with E-state index in [4.69, 9.17) is 11.6 Å². The summed E-state index contributed by atoms with van der Waals surface area (Å²) < 4.78 is 26.8. The summed E-state index contributed by atoms with van der Waals surface area (Å²) in [6, 6.07) is 7.25. The molecule has 20 heavy (non-hydrogen) atoms. The minimum Gasteiger partial charge on any atom is -0.207 e. The predicted molar refractivity (Wildman–Crippen MR) is 82.7 cm³/mol. The number of halogens is 1. The normalized spacial score (nSPS) is 17.9. The Labute approximate surface area is 127 Å². The second-order valence-corrected chi connectivity index (χ2v) is 7.57. The highest BCUT2D eigenvalue weighted by molar-refractivity contribution is 7.89. The van der Waals surface area contributed by atoms with Crippen LogP contribution in [0.4, 0.5) is 0 Å². The van der Waals surface area contributed by atoms with Crippen molar-refractivity contribution in [2.24, 2.45) is 0 Å². The van der Waals surface area contributed by atoms with Crippen molar-refractivity contribution >= 4 is 21.6 Å². The van der Waals surface area contributed by atoms with Crippen LogP contribution in [-0.2, 0) is 16.4 Å². The Morgan fingerprint density at radius 3 is 2.15 bits per heavy atom. The van der Waals surface area contributed by atoms with E-state index in [1.165, 1.54) is 0 Å². The largest absolute Gasteiger partial charge is 0.243 e. The highest BCUT2D eigenvalue weighted by atomic mass is 35.5. The summed E-state index contributed by atoms with van der Waals surface area (Å²) in [7, 11) is -3.32. The van der Waals surface area contributed by atoms with Crippen molar-refractivity contribution in [1.29, 1.82) is 0 Å². The van der Waals surface area contributed by atoms with Crippen molar-refractivity contribution in [2.45, 2.75) is 43.4 Å². The smallest absolute Gasteiger partial charge is 0.207 e. The molecule has 3 nitrogen and oxygen atoms in total. The zero-order valence-corrected chi connectivity index (χ0v) is 13.3. The Bertz CT molecular complexity index is 505. The highest BCUT2D eigenvalue weighted by Crippen LogP contribution is 2.21. The van der Waals surface area contributed by atoms with Crippen molar-refractivity contribution in [3.8, 4) is 0 Å². The molecule has 0 spiro atoms. The SMILES string of the molecule is O=S(=O)(c1ccc(CCCCl)cc1)N1CCCCCC1. The number of aryl methyl sites for hydroxylation is 1. The van der Waals surface area contributed by atoms with Crippen LogP contribution in [0.2, 0.25) is 0 Å². The Balaban J connectivity index is 2.12. The molecule has 1 heterocycles. The van der Waals surface area contributed by atoms with Gasteiger partial charge < -0.3 is 0 Å². The van der Waals surface area contributed by atoms with Crippen LogP contribution in [-0.4, -0.2) is 31.7 Å². The zero-order chi connectivity index (χ0) is 14.4. The van der Waals surface area contributed by atoms with Crippen LogP contribution < -0.4 is 0 Å². The molecule has 1 aliphatic rings. The molecule has 1 aliphatic heterocycles. The van der Waals surface area contributed by atoms with Crippen LogP contribution >= 0.6 is 11.6 Å². The van der Waals surface area contributed by atoms with Crippen LogP contribution in [0.25, 0.3) is 0 Å². The van der Waals surface area contributed by atoms with Crippen molar-refractivity contribution < 1.29 is 8.42 Å². The lowest BCUT2D eigenvalue weighted by Crippen LogP contribution is -2.31. The molecule has 0 bridgehead atoms. The quantitative estimate of drug-likeness (QED) is 0.781. The fraction of sp³-hybridized carbons (Fsp3) is 0.600. The molecular formula is C15H22ClNO2S. The molecule has 0 aromatic heterocycles. The maximum atomic E-state index is 12.6. The number of rotatable bonds is 5. The molecule has 0 unspecified atom stereocenters. The van der Waals surface area contributed by atoms with Gasteiger partial charge in [0.05, 0.1) is 4.90 Å². The van der Waals surface area contributed by atoms with Gasteiger partial charge in [-0.1, -0.05) is 25.0 Å². The maximum Gasteiger partial charge on any atom is 0.243 e. The molecule has 0 saturated carbocycles. The van der Waals surface area contributed by atoms with Crippen LogP contribution in [0.15, 0.2) is 29.2 Å². The van der Waals surface area contributed by atoms with Gasteiger partial charge in [-0.2, -0.15) is 4.31 Å². The van der Waals surface area contributed by atoms with E-state index in [0.717, 1.165) is 44.1 Å². The fourth-order valence-corrected chi connectivity index (χ4v) is 4.18. The molecule has 1 aromatic carbocycles. The lowest BCUT2D eigenvalue weighted by Gasteiger charge is -2.20. The first-order valence-corrected chi connectivity index (χ1v) is 9.27. The zero-order valence-electron chi connectivity index (χ0n) is 11.7. The second-order valence-electron chi connectivity index (χ2n) is 5.25. The van der Waals surface area contributed by atoms with E-state index in [9.17, 15) is 8.42 Å². The fourth-order valence-electron chi connectivity index (χ4n) is 2.53. The third-order valence-corrected chi connectivity index (χ3v) is 5.91. The Morgan fingerprint density at radius 2 is 1.60 bits per heavy atom. The third kappa shape index (κ3) is 3.96. The molecule has 1 saturated heterocycles. The van der Waals surface area contributed by atoms with E-state index in [1.54, 1.807) is 16.4 Å². The van der Waals surface area contributed by atoms with Gasteiger partial charge in [0.25, 0.3) is 0 Å². The number of hydrogen-bond acceptors (Lipinski definition) is 2. The first kappa shape index (κ1) is 15.8. The molecule has 0 aliphatic carbocycles. The average Bonchev–Trinajstić information content (AvgIpc) is 2.75. The highest BCUT2D eigenvalue weighted by Gasteiger charge is 2.24. The monoisotopic (exact) mass is 315 g/mol. The topological polar surface area (TPSA) is 37.4 Å². The minimum absolute atomic E-state index is 0.411. The summed E-state index contributed by atoms with van der Waals surface area (Å²) in [6.45, 7) is 1.30. The molecule has 0 amide bonds. The molecule has 1 aromatic rings. The van der Waals surface area contributed by atoms with Crippen LogP contribution in [0.1, 0.15) is 37.7 Å². The van der Waals surface area contributed by atoms with E-state index in [1.807, 2.05) is 12.1 Å². The summed E-state index contributed by atoms with van der Waals surface area (Å²) in [5, 5.41) is 0. The number of sulfonamides is 1. The van der Waals surface area contributed by atoms with Crippen molar-refractivity contribution in [3.63, 3.8) is 0 Å². The number of benzene rings is 1. The summed E-state index contributed by atoms with van der Waals surface area (Å²) in [6.07, 6.45) is 6.00. The minimum atomic E-state index is -3.32. The van der Waals surface area contributed by atoms with Crippen molar-refractivity contribution in [1.82, 2.24) is 4.31 Å². The predicted octanol–water partition coefficient (Wildman–Crippen LogP) is 3.42. The Hall–Kier alpha value is -0.580. The number of alkyl halides is 1. The molecule has 5 heteroatoms. The van der Waals surface area contributed by atoms with E-state index in [2.05, 4.69) is 0 Å². The van der Waals surface area contributed by atoms with E-state index >= 15 is 0 Å². The molecule has 1 fully saturated rings. The second kappa shape index (κ2) is 7.43. The Morgan fingerprint density at radius 1 is 1.00 bits per heavy atom. The van der Waals surface area contributed by atoms with Gasteiger partial charge in [0.1, 0.15) is 0 Å². The summed E-state index contributed by atoms with van der Waals surface area (Å²) in [5.41, 5.74) is 1.14. The molecular weight excluding hydrogens is 294 g/mol. The van der Waals surface area contributed by atoms with Gasteiger partial charge in [-0.3, -0.25) is 0 Å². The third-order valence-electron chi connectivity index (χ3n) is 3.73.